The average Bonchev–Trinajstić information content (AvgIpc) is 3.30. The van der Waals surface area contributed by atoms with E-state index < -0.39 is 0 Å². The van der Waals surface area contributed by atoms with Gasteiger partial charge < -0.3 is 9.47 Å². The van der Waals surface area contributed by atoms with Gasteiger partial charge in [-0.15, -0.1) is 0 Å². The summed E-state index contributed by atoms with van der Waals surface area (Å²) in [5.74, 6) is 1.58. The van der Waals surface area contributed by atoms with E-state index in [1.165, 1.54) is 5.56 Å². The molecule has 1 unspecified atom stereocenters. The SMILES string of the molecule is Clc1ccc(C(c2ccccc2)N2CCC(N=Cc3ccc4c(c3)OCO4)CC2)cc1Cl. The topological polar surface area (TPSA) is 34.1 Å². The molecule has 4 nitrogen and oxygen atoms in total. The van der Waals surface area contributed by atoms with Crippen LogP contribution in [0.3, 0.4) is 0 Å². The van der Waals surface area contributed by atoms with Gasteiger partial charge in [0.15, 0.2) is 11.5 Å². The van der Waals surface area contributed by atoms with E-state index in [1.807, 2.05) is 42.6 Å². The number of benzene rings is 3. The molecule has 0 amide bonds. The number of hydrogen-bond donors (Lipinski definition) is 0. The summed E-state index contributed by atoms with van der Waals surface area (Å²) < 4.78 is 10.8. The highest BCUT2D eigenvalue weighted by Crippen LogP contribution is 2.35. The number of aliphatic imine (C=N–C) groups is 1. The van der Waals surface area contributed by atoms with Gasteiger partial charge in [0.05, 0.1) is 22.1 Å². The third-order valence-electron chi connectivity index (χ3n) is 6.07. The fourth-order valence-corrected chi connectivity index (χ4v) is 4.72. The molecule has 2 aliphatic rings. The molecule has 164 valence electrons. The molecule has 32 heavy (non-hydrogen) atoms. The Balaban J connectivity index is 1.30. The lowest BCUT2D eigenvalue weighted by atomic mass is 9.94. The Morgan fingerprint density at radius 1 is 0.844 bits per heavy atom. The van der Waals surface area contributed by atoms with Crippen LogP contribution in [0.5, 0.6) is 11.5 Å². The Kier molecular flexibility index (Phi) is 6.35. The van der Waals surface area contributed by atoms with Gasteiger partial charge in [-0.25, -0.2) is 0 Å². The van der Waals surface area contributed by atoms with Crippen LogP contribution in [0, 0.1) is 0 Å². The zero-order valence-electron chi connectivity index (χ0n) is 17.6. The van der Waals surface area contributed by atoms with E-state index in [0.29, 0.717) is 16.1 Å². The first-order chi connectivity index (χ1) is 15.7. The van der Waals surface area contributed by atoms with Gasteiger partial charge in [-0.1, -0.05) is 59.6 Å². The molecule has 5 rings (SSSR count). The standard InChI is InChI=1S/C26H24Cl2N2O2/c27-22-8-7-20(15-23(22)28)26(19-4-2-1-3-5-19)30-12-10-21(11-13-30)29-16-18-6-9-24-25(14-18)32-17-31-24/h1-9,14-16,21,26H,10-13,17H2. The van der Waals surface area contributed by atoms with Crippen molar-refractivity contribution in [2.45, 2.75) is 24.9 Å². The molecular weight excluding hydrogens is 443 g/mol. The van der Waals surface area contributed by atoms with Crippen LogP contribution in [0.4, 0.5) is 0 Å². The minimum absolute atomic E-state index is 0.143. The van der Waals surface area contributed by atoms with Gasteiger partial charge in [0.25, 0.3) is 0 Å². The molecule has 0 saturated carbocycles. The summed E-state index contributed by atoms with van der Waals surface area (Å²) in [6.07, 6.45) is 3.97. The number of ether oxygens (including phenoxy) is 2. The van der Waals surface area contributed by atoms with Crippen molar-refractivity contribution in [3.8, 4) is 11.5 Å². The number of piperidine rings is 1. The lowest BCUT2D eigenvalue weighted by Gasteiger charge is -2.37. The molecule has 3 aromatic carbocycles. The van der Waals surface area contributed by atoms with Crippen molar-refractivity contribution in [2.24, 2.45) is 4.99 Å². The minimum atomic E-state index is 0.143. The maximum Gasteiger partial charge on any atom is 0.231 e. The van der Waals surface area contributed by atoms with E-state index in [4.69, 9.17) is 37.7 Å². The van der Waals surface area contributed by atoms with E-state index >= 15 is 0 Å². The number of likely N-dealkylation sites (tertiary alicyclic amines) is 1. The molecule has 1 atom stereocenters. The van der Waals surface area contributed by atoms with Crippen LogP contribution in [0.25, 0.3) is 0 Å². The Morgan fingerprint density at radius 3 is 2.41 bits per heavy atom. The average molecular weight is 467 g/mol. The molecule has 0 bridgehead atoms. The molecular formula is C26H24Cl2N2O2. The van der Waals surface area contributed by atoms with Crippen LogP contribution >= 0.6 is 23.2 Å². The molecule has 3 aromatic rings. The second-order valence-corrected chi connectivity index (χ2v) is 8.96. The van der Waals surface area contributed by atoms with Crippen molar-refractivity contribution in [1.82, 2.24) is 4.90 Å². The molecule has 0 radical (unpaired) electrons. The quantitative estimate of drug-likeness (QED) is 0.408. The van der Waals surface area contributed by atoms with E-state index in [0.717, 1.165) is 48.6 Å². The molecule has 0 aliphatic carbocycles. The van der Waals surface area contributed by atoms with Crippen molar-refractivity contribution < 1.29 is 9.47 Å². The Morgan fingerprint density at radius 2 is 1.62 bits per heavy atom. The van der Waals surface area contributed by atoms with Gasteiger partial charge in [-0.2, -0.15) is 0 Å². The lowest BCUT2D eigenvalue weighted by molar-refractivity contribution is 0.174. The molecule has 0 N–H and O–H groups in total. The van der Waals surface area contributed by atoms with Crippen molar-refractivity contribution >= 4 is 29.4 Å². The predicted molar refractivity (Wildman–Crippen MR) is 130 cm³/mol. The Hall–Kier alpha value is -2.53. The zero-order valence-corrected chi connectivity index (χ0v) is 19.1. The summed E-state index contributed by atoms with van der Waals surface area (Å²) in [6, 6.07) is 22.9. The summed E-state index contributed by atoms with van der Waals surface area (Å²) in [4.78, 5) is 7.37. The maximum absolute atomic E-state index is 6.36. The first kappa shape index (κ1) is 21.3. The Labute approximate surface area is 198 Å². The zero-order chi connectivity index (χ0) is 21.9. The largest absolute Gasteiger partial charge is 0.454 e. The second-order valence-electron chi connectivity index (χ2n) is 8.14. The van der Waals surface area contributed by atoms with Gasteiger partial charge in [-0.05, 0) is 59.9 Å². The van der Waals surface area contributed by atoms with Gasteiger partial charge in [-0.3, -0.25) is 9.89 Å². The van der Waals surface area contributed by atoms with E-state index in [9.17, 15) is 0 Å². The van der Waals surface area contributed by atoms with Gasteiger partial charge in [0.2, 0.25) is 6.79 Å². The number of fused-ring (bicyclic) bond motifs is 1. The molecule has 6 heteroatoms. The van der Waals surface area contributed by atoms with E-state index in [-0.39, 0.29) is 12.8 Å². The summed E-state index contributed by atoms with van der Waals surface area (Å²) in [5, 5.41) is 1.17. The highest BCUT2D eigenvalue weighted by Gasteiger charge is 2.27. The fourth-order valence-electron chi connectivity index (χ4n) is 4.41. The summed E-state index contributed by atoms with van der Waals surface area (Å²) in [6.45, 7) is 2.21. The maximum atomic E-state index is 6.36. The van der Waals surface area contributed by atoms with E-state index in [1.54, 1.807) is 0 Å². The highest BCUT2D eigenvalue weighted by molar-refractivity contribution is 6.42. The smallest absolute Gasteiger partial charge is 0.231 e. The number of halogens is 2. The predicted octanol–water partition coefficient (Wildman–Crippen LogP) is 6.40. The van der Waals surface area contributed by atoms with Crippen LogP contribution < -0.4 is 9.47 Å². The molecule has 1 fully saturated rings. The summed E-state index contributed by atoms with van der Waals surface area (Å²) >= 11 is 12.5. The van der Waals surface area contributed by atoms with Crippen LogP contribution in [-0.2, 0) is 0 Å². The molecule has 0 aromatic heterocycles. The second kappa shape index (κ2) is 9.53. The van der Waals surface area contributed by atoms with E-state index in [2.05, 4.69) is 35.2 Å². The third-order valence-corrected chi connectivity index (χ3v) is 6.81. The first-order valence-corrected chi connectivity index (χ1v) is 11.6. The molecule has 2 aliphatic heterocycles. The first-order valence-electron chi connectivity index (χ1n) is 10.8. The number of hydrogen-bond acceptors (Lipinski definition) is 4. The highest BCUT2D eigenvalue weighted by atomic mass is 35.5. The molecule has 1 saturated heterocycles. The van der Waals surface area contributed by atoms with Crippen LogP contribution in [0.1, 0.15) is 35.6 Å². The Bertz CT molecular complexity index is 1110. The number of rotatable bonds is 5. The van der Waals surface area contributed by atoms with Crippen molar-refractivity contribution in [3.63, 3.8) is 0 Å². The van der Waals surface area contributed by atoms with Crippen LogP contribution in [0.2, 0.25) is 10.0 Å². The van der Waals surface area contributed by atoms with Crippen molar-refractivity contribution in [2.75, 3.05) is 19.9 Å². The van der Waals surface area contributed by atoms with Crippen molar-refractivity contribution in [1.29, 1.82) is 0 Å². The molecule has 2 heterocycles. The minimum Gasteiger partial charge on any atom is -0.454 e. The normalized spacial score (nSPS) is 17.7. The van der Waals surface area contributed by atoms with Crippen molar-refractivity contribution in [3.05, 3.63) is 93.5 Å². The van der Waals surface area contributed by atoms with Gasteiger partial charge in [0.1, 0.15) is 0 Å². The monoisotopic (exact) mass is 466 g/mol. The lowest BCUT2D eigenvalue weighted by Crippen LogP contribution is -2.38. The van der Waals surface area contributed by atoms with Gasteiger partial charge in [0, 0.05) is 19.3 Å². The fraction of sp³-hybridized carbons (Fsp3) is 0.269. The molecule has 0 spiro atoms. The summed E-state index contributed by atoms with van der Waals surface area (Å²) in [5.41, 5.74) is 3.45. The van der Waals surface area contributed by atoms with Crippen LogP contribution in [0.15, 0.2) is 71.7 Å². The van der Waals surface area contributed by atoms with Gasteiger partial charge >= 0.3 is 0 Å². The van der Waals surface area contributed by atoms with Crippen LogP contribution in [-0.4, -0.2) is 37.0 Å². The summed E-state index contributed by atoms with van der Waals surface area (Å²) in [7, 11) is 0. The number of nitrogens with zero attached hydrogens (tertiary/aromatic N) is 2. The third kappa shape index (κ3) is 4.63.